The average molecular weight is 213 g/mol. The van der Waals surface area contributed by atoms with Gasteiger partial charge in [-0.2, -0.15) is 5.10 Å². The molecule has 2 rings (SSSR count). The lowest BCUT2D eigenvalue weighted by Crippen LogP contribution is -2.22. The molecular formula is C11H17ClN2. The van der Waals surface area contributed by atoms with Gasteiger partial charge in [0.25, 0.3) is 0 Å². The topological polar surface area (TPSA) is 17.8 Å². The second-order valence-electron chi connectivity index (χ2n) is 4.43. The standard InChI is InChI=1S/C11H17ClN2/c1-3-14-10(5-7-13-14)11(2)6-4-9(12)8-11/h5,7,9H,3-4,6,8H2,1-2H3. The van der Waals surface area contributed by atoms with E-state index in [2.05, 4.69) is 29.7 Å². The van der Waals surface area contributed by atoms with Crippen molar-refractivity contribution in [2.45, 2.75) is 50.4 Å². The van der Waals surface area contributed by atoms with Gasteiger partial charge in [-0.15, -0.1) is 11.6 Å². The number of hydrogen-bond donors (Lipinski definition) is 0. The number of rotatable bonds is 2. The summed E-state index contributed by atoms with van der Waals surface area (Å²) in [6, 6.07) is 2.14. The molecule has 2 atom stereocenters. The van der Waals surface area contributed by atoms with Crippen LogP contribution in [0.3, 0.4) is 0 Å². The quantitative estimate of drug-likeness (QED) is 0.690. The van der Waals surface area contributed by atoms with Crippen LogP contribution in [0.2, 0.25) is 0 Å². The summed E-state index contributed by atoms with van der Waals surface area (Å²) in [5, 5.41) is 4.67. The van der Waals surface area contributed by atoms with Crippen LogP contribution in [0.1, 0.15) is 38.8 Å². The maximum Gasteiger partial charge on any atom is 0.0492 e. The summed E-state index contributed by atoms with van der Waals surface area (Å²) in [5.41, 5.74) is 1.60. The summed E-state index contributed by atoms with van der Waals surface area (Å²) < 4.78 is 2.09. The highest BCUT2D eigenvalue weighted by Gasteiger charge is 2.37. The van der Waals surface area contributed by atoms with Crippen molar-refractivity contribution < 1.29 is 0 Å². The summed E-state index contributed by atoms with van der Waals surface area (Å²) >= 11 is 6.18. The molecule has 1 aliphatic carbocycles. The molecular weight excluding hydrogens is 196 g/mol. The molecule has 1 aromatic rings. The van der Waals surface area contributed by atoms with E-state index in [1.165, 1.54) is 12.1 Å². The van der Waals surface area contributed by atoms with Crippen molar-refractivity contribution in [2.75, 3.05) is 0 Å². The minimum absolute atomic E-state index is 0.249. The zero-order valence-corrected chi connectivity index (χ0v) is 9.59. The lowest BCUT2D eigenvalue weighted by molar-refractivity contribution is 0.435. The first kappa shape index (κ1) is 10.0. The van der Waals surface area contributed by atoms with E-state index >= 15 is 0 Å². The van der Waals surface area contributed by atoms with Crippen LogP contribution in [-0.2, 0) is 12.0 Å². The van der Waals surface area contributed by atoms with Gasteiger partial charge in [0.1, 0.15) is 0 Å². The fraction of sp³-hybridized carbons (Fsp3) is 0.727. The van der Waals surface area contributed by atoms with Gasteiger partial charge in [0.05, 0.1) is 0 Å². The van der Waals surface area contributed by atoms with E-state index in [4.69, 9.17) is 11.6 Å². The van der Waals surface area contributed by atoms with Crippen LogP contribution >= 0.6 is 11.6 Å². The van der Waals surface area contributed by atoms with Crippen LogP contribution in [0.15, 0.2) is 12.3 Å². The molecule has 1 aliphatic rings. The third kappa shape index (κ3) is 1.56. The van der Waals surface area contributed by atoms with Gasteiger partial charge in [-0.25, -0.2) is 0 Å². The molecule has 3 heteroatoms. The Morgan fingerprint density at radius 3 is 3.07 bits per heavy atom. The third-order valence-corrected chi connectivity index (χ3v) is 3.69. The Morgan fingerprint density at radius 1 is 1.71 bits per heavy atom. The van der Waals surface area contributed by atoms with Gasteiger partial charge in [-0.05, 0) is 32.3 Å². The highest BCUT2D eigenvalue weighted by molar-refractivity contribution is 6.20. The fourth-order valence-electron chi connectivity index (χ4n) is 2.50. The summed E-state index contributed by atoms with van der Waals surface area (Å²) in [4.78, 5) is 0. The summed E-state index contributed by atoms with van der Waals surface area (Å²) in [7, 11) is 0. The number of nitrogens with zero attached hydrogens (tertiary/aromatic N) is 2. The predicted octanol–water partition coefficient (Wildman–Crippen LogP) is 2.95. The second-order valence-corrected chi connectivity index (χ2v) is 5.05. The first-order valence-corrected chi connectivity index (χ1v) is 5.76. The van der Waals surface area contributed by atoms with Crippen LogP contribution in [0.4, 0.5) is 0 Å². The van der Waals surface area contributed by atoms with Gasteiger partial charge in [-0.1, -0.05) is 6.92 Å². The summed E-state index contributed by atoms with van der Waals surface area (Å²) in [5.74, 6) is 0. The molecule has 0 amide bonds. The van der Waals surface area contributed by atoms with Crippen LogP contribution in [0.25, 0.3) is 0 Å². The Hall–Kier alpha value is -0.500. The highest BCUT2D eigenvalue weighted by atomic mass is 35.5. The molecule has 0 bridgehead atoms. The van der Waals surface area contributed by atoms with E-state index in [9.17, 15) is 0 Å². The van der Waals surface area contributed by atoms with Crippen LogP contribution < -0.4 is 0 Å². The first-order valence-electron chi connectivity index (χ1n) is 5.32. The third-order valence-electron chi connectivity index (χ3n) is 3.32. The molecule has 2 unspecified atom stereocenters. The van der Waals surface area contributed by atoms with Gasteiger partial charge < -0.3 is 0 Å². The molecule has 0 aromatic carbocycles. The van der Waals surface area contributed by atoms with Crippen molar-refractivity contribution in [1.29, 1.82) is 0 Å². The van der Waals surface area contributed by atoms with Crippen molar-refractivity contribution >= 4 is 11.6 Å². The van der Waals surface area contributed by atoms with Crippen LogP contribution in [-0.4, -0.2) is 15.2 Å². The molecule has 0 radical (unpaired) electrons. The Morgan fingerprint density at radius 2 is 2.50 bits per heavy atom. The van der Waals surface area contributed by atoms with Gasteiger partial charge in [0, 0.05) is 29.2 Å². The maximum atomic E-state index is 6.18. The smallest absolute Gasteiger partial charge is 0.0492 e. The van der Waals surface area contributed by atoms with Crippen molar-refractivity contribution in [3.05, 3.63) is 18.0 Å². The van der Waals surface area contributed by atoms with E-state index < -0.39 is 0 Å². The lowest BCUT2D eigenvalue weighted by Gasteiger charge is -2.24. The van der Waals surface area contributed by atoms with E-state index in [0.717, 1.165) is 19.4 Å². The number of halogens is 1. The summed E-state index contributed by atoms with van der Waals surface area (Å²) in [6.45, 7) is 5.39. The zero-order valence-electron chi connectivity index (χ0n) is 8.83. The molecule has 1 saturated carbocycles. The SMILES string of the molecule is CCn1nccc1C1(C)CCC(Cl)C1. The number of alkyl halides is 1. The first-order chi connectivity index (χ1) is 6.65. The maximum absolute atomic E-state index is 6.18. The Balaban J connectivity index is 2.30. The Bertz CT molecular complexity index is 321. The van der Waals surface area contributed by atoms with Gasteiger partial charge >= 0.3 is 0 Å². The molecule has 0 spiro atoms. The summed E-state index contributed by atoms with van der Waals surface area (Å²) in [6.07, 6.45) is 5.30. The van der Waals surface area contributed by atoms with E-state index in [1.54, 1.807) is 0 Å². The molecule has 14 heavy (non-hydrogen) atoms. The fourth-order valence-corrected chi connectivity index (χ4v) is 2.95. The Kier molecular flexibility index (Phi) is 2.56. The molecule has 1 fully saturated rings. The minimum Gasteiger partial charge on any atom is -0.269 e. The zero-order chi connectivity index (χ0) is 10.2. The van der Waals surface area contributed by atoms with Crippen LogP contribution in [0, 0.1) is 0 Å². The molecule has 1 aromatic heterocycles. The van der Waals surface area contributed by atoms with Crippen molar-refractivity contribution in [2.24, 2.45) is 0 Å². The molecule has 1 heterocycles. The monoisotopic (exact) mass is 212 g/mol. The Labute approximate surface area is 90.3 Å². The predicted molar refractivity (Wildman–Crippen MR) is 58.7 cm³/mol. The molecule has 78 valence electrons. The molecule has 0 aliphatic heterocycles. The van der Waals surface area contributed by atoms with E-state index in [-0.39, 0.29) is 5.41 Å². The number of aromatic nitrogens is 2. The normalized spacial score (nSPS) is 32.4. The minimum atomic E-state index is 0.249. The van der Waals surface area contributed by atoms with Crippen molar-refractivity contribution in [3.63, 3.8) is 0 Å². The number of hydrogen-bond acceptors (Lipinski definition) is 1. The molecule has 0 N–H and O–H groups in total. The van der Waals surface area contributed by atoms with Gasteiger partial charge in [0.2, 0.25) is 0 Å². The second kappa shape index (κ2) is 3.58. The molecule has 2 nitrogen and oxygen atoms in total. The largest absolute Gasteiger partial charge is 0.269 e. The van der Waals surface area contributed by atoms with E-state index in [0.29, 0.717) is 5.38 Å². The van der Waals surface area contributed by atoms with Crippen LogP contribution in [0.5, 0.6) is 0 Å². The highest BCUT2D eigenvalue weighted by Crippen LogP contribution is 2.42. The van der Waals surface area contributed by atoms with Crippen molar-refractivity contribution in [3.8, 4) is 0 Å². The van der Waals surface area contributed by atoms with Gasteiger partial charge in [0.15, 0.2) is 0 Å². The van der Waals surface area contributed by atoms with Gasteiger partial charge in [-0.3, -0.25) is 4.68 Å². The van der Waals surface area contributed by atoms with Crippen molar-refractivity contribution in [1.82, 2.24) is 9.78 Å². The lowest BCUT2D eigenvalue weighted by atomic mass is 9.85. The number of aryl methyl sites for hydroxylation is 1. The van der Waals surface area contributed by atoms with E-state index in [1.807, 2.05) is 6.20 Å². The average Bonchev–Trinajstić information content (AvgIpc) is 2.73. The molecule has 0 saturated heterocycles.